The third kappa shape index (κ3) is 3.64. The number of benzene rings is 1. The lowest BCUT2D eigenvalue weighted by Gasteiger charge is -2.55. The van der Waals surface area contributed by atoms with Crippen LogP contribution in [-0.4, -0.2) is 26.7 Å². The highest BCUT2D eigenvalue weighted by atomic mass is 16.3. The minimum atomic E-state index is -0.0522. The molecule has 1 aliphatic heterocycles. The van der Waals surface area contributed by atoms with Crippen molar-refractivity contribution in [3.63, 3.8) is 0 Å². The summed E-state index contributed by atoms with van der Waals surface area (Å²) < 4.78 is 7.83. The van der Waals surface area contributed by atoms with Crippen molar-refractivity contribution in [2.45, 2.75) is 95.6 Å². The van der Waals surface area contributed by atoms with E-state index in [-0.39, 0.29) is 22.9 Å². The molecule has 3 heterocycles. The van der Waals surface area contributed by atoms with Gasteiger partial charge in [0.2, 0.25) is 11.8 Å². The number of amides is 1. The molecule has 6 nitrogen and oxygen atoms in total. The van der Waals surface area contributed by atoms with Crippen molar-refractivity contribution in [2.75, 3.05) is 4.90 Å². The molecular formula is C29H36N4O2. The molecule has 35 heavy (non-hydrogen) atoms. The molecule has 2 saturated carbocycles. The fourth-order valence-corrected chi connectivity index (χ4v) is 6.86. The number of fused-ring (bicyclic) bond motifs is 4. The highest BCUT2D eigenvalue weighted by Crippen LogP contribution is 2.53. The Morgan fingerprint density at radius 2 is 1.74 bits per heavy atom. The Hall–Kier alpha value is -2.89. The van der Waals surface area contributed by atoms with Crippen LogP contribution in [0, 0.1) is 5.92 Å². The lowest BCUT2D eigenvalue weighted by molar-refractivity contribution is 0.0314. The van der Waals surface area contributed by atoms with Crippen molar-refractivity contribution in [3.05, 3.63) is 53.8 Å². The highest BCUT2D eigenvalue weighted by Gasteiger charge is 2.55. The van der Waals surface area contributed by atoms with Crippen LogP contribution in [0.2, 0.25) is 0 Å². The smallest absolute Gasteiger partial charge is 0.260 e. The number of anilines is 1. The first-order valence-electron chi connectivity index (χ1n) is 13.3. The van der Waals surface area contributed by atoms with Crippen LogP contribution in [0.3, 0.4) is 0 Å². The van der Waals surface area contributed by atoms with Gasteiger partial charge in [-0.3, -0.25) is 9.69 Å². The summed E-state index contributed by atoms with van der Waals surface area (Å²) in [6.45, 7) is 6.59. The first-order valence-corrected chi connectivity index (χ1v) is 13.3. The number of rotatable bonds is 2. The van der Waals surface area contributed by atoms with Gasteiger partial charge >= 0.3 is 0 Å². The molecule has 2 unspecified atom stereocenters. The Bertz CT molecular complexity index is 1200. The summed E-state index contributed by atoms with van der Waals surface area (Å²) in [4.78, 5) is 21.1. The normalized spacial score (nSPS) is 23.7. The number of hydrogen-bond donors (Lipinski definition) is 0. The first kappa shape index (κ1) is 22.6. The lowest BCUT2D eigenvalue weighted by Crippen LogP contribution is -2.61. The number of furan rings is 1. The monoisotopic (exact) mass is 472 g/mol. The van der Waals surface area contributed by atoms with Gasteiger partial charge in [-0.2, -0.15) is 4.98 Å². The molecule has 3 aliphatic rings. The maximum Gasteiger partial charge on any atom is 0.260 e. The Labute approximate surface area is 207 Å². The van der Waals surface area contributed by atoms with Crippen LogP contribution in [0.4, 0.5) is 5.95 Å². The van der Waals surface area contributed by atoms with Crippen LogP contribution in [0.15, 0.2) is 47.1 Å². The molecule has 2 aromatic heterocycles. The SMILES string of the molecule is CC(C)(C)c1ccc(C(=O)N2c3nc(-c4ccco4)nn3C3(CCCCC3)C3CCCCC32)cc1. The Morgan fingerprint density at radius 3 is 2.43 bits per heavy atom. The molecule has 2 fully saturated rings. The molecule has 6 heteroatoms. The number of carbonyl (C=O) groups is 1. The predicted octanol–water partition coefficient (Wildman–Crippen LogP) is 6.71. The van der Waals surface area contributed by atoms with Crippen molar-refractivity contribution < 1.29 is 9.21 Å². The largest absolute Gasteiger partial charge is 0.461 e. The maximum atomic E-state index is 14.2. The molecule has 1 aromatic carbocycles. The van der Waals surface area contributed by atoms with Gasteiger partial charge in [-0.15, -0.1) is 5.10 Å². The van der Waals surface area contributed by atoms with E-state index < -0.39 is 0 Å². The van der Waals surface area contributed by atoms with Crippen molar-refractivity contribution in [1.82, 2.24) is 14.8 Å². The number of nitrogens with zero attached hydrogens (tertiary/aromatic N) is 4. The van der Waals surface area contributed by atoms with Gasteiger partial charge in [-0.1, -0.05) is 65.0 Å². The number of hydrogen-bond acceptors (Lipinski definition) is 4. The summed E-state index contributed by atoms with van der Waals surface area (Å²) in [5, 5.41) is 5.05. The second-order valence-electron chi connectivity index (χ2n) is 11.7. The van der Waals surface area contributed by atoms with Gasteiger partial charge in [0.05, 0.1) is 11.8 Å². The summed E-state index contributed by atoms with van der Waals surface area (Å²) in [6, 6.07) is 12.1. The van der Waals surface area contributed by atoms with Crippen LogP contribution in [-0.2, 0) is 11.0 Å². The van der Waals surface area contributed by atoms with Gasteiger partial charge in [-0.05, 0) is 60.9 Å². The third-order valence-electron chi connectivity index (χ3n) is 8.66. The summed E-state index contributed by atoms with van der Waals surface area (Å²) in [5.41, 5.74) is 1.94. The molecule has 0 radical (unpaired) electrons. The topological polar surface area (TPSA) is 64.2 Å². The number of carbonyl (C=O) groups excluding carboxylic acids is 1. The minimum Gasteiger partial charge on any atom is -0.461 e. The molecular weight excluding hydrogens is 436 g/mol. The molecule has 6 rings (SSSR count). The standard InChI is InChI=1S/C29H36N4O2/c1-28(2,3)21-15-13-20(14-16-21)26(34)32-23-11-6-5-10-22(23)29(17-7-4-8-18-29)33-27(32)30-25(31-33)24-12-9-19-35-24/h9,12-16,19,22-23H,4-8,10-11,17-18H2,1-3H3. The van der Waals surface area contributed by atoms with Gasteiger partial charge < -0.3 is 4.42 Å². The Kier molecular flexibility index (Phi) is 5.39. The van der Waals surface area contributed by atoms with Crippen molar-refractivity contribution in [2.24, 2.45) is 5.92 Å². The summed E-state index contributed by atoms with van der Waals surface area (Å²) in [5.74, 6) is 2.38. The fraction of sp³-hybridized carbons (Fsp3) is 0.552. The van der Waals surface area contributed by atoms with E-state index in [4.69, 9.17) is 14.5 Å². The zero-order chi connectivity index (χ0) is 24.2. The van der Waals surface area contributed by atoms with Crippen molar-refractivity contribution >= 4 is 11.9 Å². The number of aromatic nitrogens is 3. The van der Waals surface area contributed by atoms with E-state index in [2.05, 4.69) is 37.6 Å². The summed E-state index contributed by atoms with van der Waals surface area (Å²) >= 11 is 0. The van der Waals surface area contributed by atoms with Gasteiger partial charge in [-0.25, -0.2) is 4.68 Å². The van der Waals surface area contributed by atoms with Crippen LogP contribution >= 0.6 is 0 Å². The maximum absolute atomic E-state index is 14.2. The highest BCUT2D eigenvalue weighted by molar-refractivity contribution is 6.06. The van der Waals surface area contributed by atoms with Crippen molar-refractivity contribution in [3.8, 4) is 11.6 Å². The van der Waals surface area contributed by atoms with E-state index in [9.17, 15) is 4.79 Å². The van der Waals surface area contributed by atoms with E-state index in [1.807, 2.05) is 29.2 Å². The predicted molar refractivity (Wildman–Crippen MR) is 136 cm³/mol. The third-order valence-corrected chi connectivity index (χ3v) is 8.66. The summed E-state index contributed by atoms with van der Waals surface area (Å²) in [7, 11) is 0. The quantitative estimate of drug-likeness (QED) is 0.416. The minimum absolute atomic E-state index is 0.0349. The molecule has 184 valence electrons. The van der Waals surface area contributed by atoms with E-state index in [0.29, 0.717) is 23.5 Å². The molecule has 0 N–H and O–H groups in total. The summed E-state index contributed by atoms with van der Waals surface area (Å²) in [6.07, 6.45) is 12.1. The van der Waals surface area contributed by atoms with E-state index >= 15 is 0 Å². The van der Waals surface area contributed by atoms with Crippen LogP contribution in [0.5, 0.6) is 0 Å². The first-order chi connectivity index (χ1) is 16.9. The molecule has 2 atom stereocenters. The van der Waals surface area contributed by atoms with Gasteiger partial charge in [0, 0.05) is 17.5 Å². The zero-order valence-electron chi connectivity index (χ0n) is 21.2. The van der Waals surface area contributed by atoms with Crippen LogP contribution in [0.1, 0.15) is 94.5 Å². The molecule has 1 spiro atoms. The van der Waals surface area contributed by atoms with Gasteiger partial charge in [0.1, 0.15) is 0 Å². The lowest BCUT2D eigenvalue weighted by atomic mass is 9.64. The van der Waals surface area contributed by atoms with Crippen molar-refractivity contribution in [1.29, 1.82) is 0 Å². The van der Waals surface area contributed by atoms with E-state index in [1.165, 1.54) is 31.2 Å². The molecule has 2 aliphatic carbocycles. The molecule has 1 amide bonds. The molecule has 0 saturated heterocycles. The van der Waals surface area contributed by atoms with Crippen LogP contribution in [0.25, 0.3) is 11.6 Å². The van der Waals surface area contributed by atoms with Gasteiger partial charge in [0.15, 0.2) is 5.76 Å². The molecule has 3 aromatic rings. The van der Waals surface area contributed by atoms with Crippen LogP contribution < -0.4 is 4.90 Å². The Morgan fingerprint density at radius 1 is 1.00 bits per heavy atom. The van der Waals surface area contributed by atoms with Gasteiger partial charge in [0.25, 0.3) is 5.91 Å². The zero-order valence-corrected chi connectivity index (χ0v) is 21.2. The second-order valence-corrected chi connectivity index (χ2v) is 11.7. The van der Waals surface area contributed by atoms with E-state index in [1.54, 1.807) is 6.26 Å². The molecule has 0 bridgehead atoms. The average molecular weight is 473 g/mol. The second kappa shape index (κ2) is 8.35. The van der Waals surface area contributed by atoms with E-state index in [0.717, 1.165) is 37.7 Å². The Balaban J connectivity index is 1.48. The average Bonchev–Trinajstić information content (AvgIpc) is 3.55. The fourth-order valence-electron chi connectivity index (χ4n) is 6.86.